The fourth-order valence-corrected chi connectivity index (χ4v) is 14.5. The minimum Gasteiger partial charge on any atom is -0.462 e. The summed E-state index contributed by atoms with van der Waals surface area (Å²) in [5.74, 6) is 0.382. The highest BCUT2D eigenvalue weighted by Crippen LogP contribution is 2.45. The molecule has 0 rings (SSSR count). The molecule has 612 valence electrons. The Kier molecular flexibility index (Phi) is 72.8. The van der Waals surface area contributed by atoms with Gasteiger partial charge in [0, 0.05) is 25.7 Å². The quantitative estimate of drug-likeness (QED) is 0.0222. The van der Waals surface area contributed by atoms with Crippen molar-refractivity contribution in [2.45, 2.75) is 458 Å². The summed E-state index contributed by atoms with van der Waals surface area (Å²) in [7, 11) is -9.92. The molecule has 0 amide bonds. The van der Waals surface area contributed by atoms with Crippen molar-refractivity contribution in [3.05, 3.63) is 0 Å². The van der Waals surface area contributed by atoms with Crippen LogP contribution in [0.3, 0.4) is 0 Å². The van der Waals surface area contributed by atoms with Gasteiger partial charge in [0.1, 0.15) is 19.3 Å². The lowest BCUT2D eigenvalue weighted by atomic mass is 9.99. The molecule has 0 aliphatic carbocycles. The number of aliphatic hydroxyl groups excluding tert-OH is 1. The second-order valence-electron chi connectivity index (χ2n) is 30.9. The van der Waals surface area contributed by atoms with E-state index >= 15 is 0 Å². The van der Waals surface area contributed by atoms with Gasteiger partial charge in [0.25, 0.3) is 0 Å². The van der Waals surface area contributed by atoms with E-state index in [-0.39, 0.29) is 25.7 Å². The monoisotopic (exact) mass is 1510 g/mol. The highest BCUT2D eigenvalue weighted by Gasteiger charge is 2.30. The molecule has 0 fully saturated rings. The summed E-state index contributed by atoms with van der Waals surface area (Å²) in [6, 6.07) is 0. The first-order chi connectivity index (χ1) is 49.8. The molecular weight excluding hydrogens is 1340 g/mol. The summed E-state index contributed by atoms with van der Waals surface area (Å²) in [5, 5.41) is 10.7. The van der Waals surface area contributed by atoms with Gasteiger partial charge in [-0.15, -0.1) is 0 Å². The molecule has 17 nitrogen and oxygen atoms in total. The van der Waals surface area contributed by atoms with E-state index in [4.69, 9.17) is 37.0 Å². The number of carbonyl (C=O) groups excluding carboxylic acids is 4. The van der Waals surface area contributed by atoms with Crippen LogP contribution >= 0.6 is 15.6 Å². The molecule has 0 radical (unpaired) electrons. The lowest BCUT2D eigenvalue weighted by Crippen LogP contribution is -2.30. The number of phosphoric acid groups is 2. The van der Waals surface area contributed by atoms with E-state index < -0.39 is 97.5 Å². The molecule has 0 spiro atoms. The zero-order valence-electron chi connectivity index (χ0n) is 67.8. The first-order valence-corrected chi connectivity index (χ1v) is 46.5. The largest absolute Gasteiger partial charge is 0.472 e. The molecule has 0 aromatic carbocycles. The molecule has 0 bridgehead atoms. The number of ether oxygens (including phenoxy) is 4. The number of rotatable bonds is 82. The summed E-state index contributed by atoms with van der Waals surface area (Å²) >= 11 is 0. The minimum atomic E-state index is -4.97. The highest BCUT2D eigenvalue weighted by atomic mass is 31.2. The number of esters is 4. The van der Waals surface area contributed by atoms with Crippen molar-refractivity contribution in [3.8, 4) is 0 Å². The molecule has 19 heteroatoms. The average Bonchev–Trinajstić information content (AvgIpc) is 0.955. The Bertz CT molecular complexity index is 2000. The van der Waals surface area contributed by atoms with Crippen LogP contribution in [-0.4, -0.2) is 96.7 Å². The summed E-state index contributed by atoms with van der Waals surface area (Å²) in [6.45, 7) is 12.1. The maximum atomic E-state index is 13.1. The van der Waals surface area contributed by atoms with Crippen LogP contribution in [0.2, 0.25) is 0 Å². The zero-order valence-corrected chi connectivity index (χ0v) is 69.6. The number of unbranched alkanes of at least 4 members (excludes halogenated alkanes) is 47. The van der Waals surface area contributed by atoms with Crippen molar-refractivity contribution < 1.29 is 80.2 Å². The Morgan fingerprint density at radius 3 is 0.689 bits per heavy atom. The summed E-state index contributed by atoms with van der Waals surface area (Å²) in [5.41, 5.74) is 0. The van der Waals surface area contributed by atoms with E-state index in [2.05, 4.69) is 48.5 Å². The predicted molar refractivity (Wildman–Crippen MR) is 423 cm³/mol. The molecule has 0 aromatic heterocycles. The smallest absolute Gasteiger partial charge is 0.462 e. The van der Waals surface area contributed by atoms with Gasteiger partial charge in [-0.25, -0.2) is 9.13 Å². The SMILES string of the molecule is CCCCCCCCCCCCCC(=O)OC[C@H](COP(=O)(O)OC[C@H](O)COP(=O)(O)OC[C@@H](COC(=O)CCCCCCCCCCCCCCCCC(C)CC)OC(=O)CCCCCCCCCCCCCCCCCCCCC(C)CC)OC(=O)CCCCCCCCCCC(C)CC. The predicted octanol–water partition coefficient (Wildman–Crippen LogP) is 25.3. The van der Waals surface area contributed by atoms with Gasteiger partial charge in [0.2, 0.25) is 0 Å². The number of carbonyl (C=O) groups is 4. The molecule has 3 N–H and O–H groups in total. The van der Waals surface area contributed by atoms with E-state index in [1.54, 1.807) is 0 Å². The molecule has 0 heterocycles. The van der Waals surface area contributed by atoms with Crippen LogP contribution in [0, 0.1) is 17.8 Å². The van der Waals surface area contributed by atoms with Crippen LogP contribution in [-0.2, 0) is 65.4 Å². The third-order valence-electron chi connectivity index (χ3n) is 20.7. The van der Waals surface area contributed by atoms with Crippen molar-refractivity contribution in [2.75, 3.05) is 39.6 Å². The third-order valence-corrected chi connectivity index (χ3v) is 22.6. The Morgan fingerprint density at radius 2 is 0.466 bits per heavy atom. The molecule has 0 aliphatic heterocycles. The molecule has 0 saturated heterocycles. The second-order valence-corrected chi connectivity index (χ2v) is 33.9. The molecule has 103 heavy (non-hydrogen) atoms. The Labute approximate surface area is 632 Å². The van der Waals surface area contributed by atoms with Gasteiger partial charge in [-0.2, -0.15) is 0 Å². The normalized spacial score (nSPS) is 14.7. The van der Waals surface area contributed by atoms with E-state index in [9.17, 15) is 43.2 Å². The molecule has 5 unspecified atom stereocenters. The Balaban J connectivity index is 5.23. The van der Waals surface area contributed by atoms with Crippen molar-refractivity contribution >= 4 is 39.5 Å². The van der Waals surface area contributed by atoms with E-state index in [1.165, 1.54) is 250 Å². The van der Waals surface area contributed by atoms with Crippen molar-refractivity contribution in [1.29, 1.82) is 0 Å². The molecule has 0 aromatic rings. The maximum absolute atomic E-state index is 13.1. The van der Waals surface area contributed by atoms with Crippen LogP contribution in [0.25, 0.3) is 0 Å². The Morgan fingerprint density at radius 1 is 0.272 bits per heavy atom. The van der Waals surface area contributed by atoms with Crippen LogP contribution in [0.4, 0.5) is 0 Å². The molecular formula is C84H164O17P2. The van der Waals surface area contributed by atoms with Gasteiger partial charge in [0.15, 0.2) is 12.2 Å². The Hall–Kier alpha value is -1.94. The van der Waals surface area contributed by atoms with E-state index in [1.807, 2.05) is 0 Å². The van der Waals surface area contributed by atoms with Crippen LogP contribution in [0.15, 0.2) is 0 Å². The topological polar surface area (TPSA) is 237 Å². The van der Waals surface area contributed by atoms with Crippen LogP contribution < -0.4 is 0 Å². The van der Waals surface area contributed by atoms with Crippen molar-refractivity contribution in [1.82, 2.24) is 0 Å². The number of phosphoric ester groups is 2. The van der Waals surface area contributed by atoms with Gasteiger partial charge < -0.3 is 33.8 Å². The van der Waals surface area contributed by atoms with E-state index in [0.29, 0.717) is 25.7 Å². The minimum absolute atomic E-state index is 0.105. The number of hydrogen-bond acceptors (Lipinski definition) is 15. The summed E-state index contributed by atoms with van der Waals surface area (Å²) in [6.07, 6.45) is 63.7. The second kappa shape index (κ2) is 74.2. The van der Waals surface area contributed by atoms with Gasteiger partial charge in [0.05, 0.1) is 26.4 Å². The first kappa shape index (κ1) is 101. The fourth-order valence-electron chi connectivity index (χ4n) is 12.9. The van der Waals surface area contributed by atoms with Gasteiger partial charge in [-0.05, 0) is 43.4 Å². The zero-order chi connectivity index (χ0) is 75.8. The average molecular weight is 1510 g/mol. The highest BCUT2D eigenvalue weighted by molar-refractivity contribution is 7.47. The molecule has 0 saturated carbocycles. The van der Waals surface area contributed by atoms with Gasteiger partial charge in [-0.1, -0.05) is 389 Å². The van der Waals surface area contributed by atoms with E-state index in [0.717, 1.165) is 108 Å². The van der Waals surface area contributed by atoms with Crippen molar-refractivity contribution in [2.24, 2.45) is 17.8 Å². The van der Waals surface area contributed by atoms with Gasteiger partial charge in [-0.3, -0.25) is 37.3 Å². The van der Waals surface area contributed by atoms with Crippen molar-refractivity contribution in [3.63, 3.8) is 0 Å². The lowest BCUT2D eigenvalue weighted by Gasteiger charge is -2.21. The fraction of sp³-hybridized carbons (Fsp3) is 0.952. The van der Waals surface area contributed by atoms with Crippen LogP contribution in [0.5, 0.6) is 0 Å². The molecule has 0 aliphatic rings. The first-order valence-electron chi connectivity index (χ1n) is 43.5. The summed E-state index contributed by atoms with van der Waals surface area (Å²) in [4.78, 5) is 73.1. The number of hydrogen-bond donors (Lipinski definition) is 3. The standard InChI is InChI=1S/C84H164O17P2/c1-8-12-13-14-15-16-29-36-44-51-58-65-81(86)94-72-80(101-84(89)68-61-54-47-40-39-43-50-57-64-77(7)11-4)74-99-103(92,93)97-70-78(85)69-96-102(90,91)98-73-79(71-95-82(87)66-59-52-45-37-32-27-24-23-26-31-35-42-49-56-63-76(6)10-3)100-83(88)67-60-53-46-38-33-28-22-20-18-17-19-21-25-30-34-41-48-55-62-75(5)9-2/h75-80,85H,8-74H2,1-7H3,(H,90,91)(H,92,93)/t75?,76?,77?,78-,79-,80-/m1/s1. The maximum Gasteiger partial charge on any atom is 0.472 e. The van der Waals surface area contributed by atoms with Crippen LogP contribution in [0.1, 0.15) is 440 Å². The summed E-state index contributed by atoms with van der Waals surface area (Å²) < 4.78 is 68.8. The molecule has 8 atom stereocenters. The van der Waals surface area contributed by atoms with Gasteiger partial charge >= 0.3 is 39.5 Å². The number of aliphatic hydroxyl groups is 1. The lowest BCUT2D eigenvalue weighted by molar-refractivity contribution is -0.161. The third kappa shape index (κ3) is 74.0.